The molecule has 1 aliphatic rings. The molecule has 1 fully saturated rings. The molecule has 6 nitrogen and oxygen atoms in total. The lowest BCUT2D eigenvalue weighted by Gasteiger charge is -2.31. The van der Waals surface area contributed by atoms with Gasteiger partial charge in [0.2, 0.25) is 5.91 Å². The molecule has 3 rings (SSSR count). The fourth-order valence-corrected chi connectivity index (χ4v) is 3.47. The van der Waals surface area contributed by atoms with Crippen molar-refractivity contribution in [1.29, 1.82) is 0 Å². The number of hydrogen-bond donors (Lipinski definition) is 2. The van der Waals surface area contributed by atoms with E-state index in [9.17, 15) is 9.59 Å². The second kappa shape index (κ2) is 9.90. The fourth-order valence-electron chi connectivity index (χ4n) is 3.47. The highest BCUT2D eigenvalue weighted by atomic mass is 16.5. The monoisotopic (exact) mass is 381 g/mol. The number of para-hydroxylation sites is 1. The van der Waals surface area contributed by atoms with E-state index in [4.69, 9.17) is 10.5 Å². The maximum absolute atomic E-state index is 12.3. The molecule has 0 aliphatic carbocycles. The minimum absolute atomic E-state index is 0.00664. The molecule has 1 aliphatic heterocycles. The fraction of sp³-hybridized carbons (Fsp3) is 0.364. The zero-order chi connectivity index (χ0) is 19.8. The number of carbonyl (C=O) groups is 2. The van der Waals surface area contributed by atoms with E-state index in [2.05, 4.69) is 17.4 Å². The van der Waals surface area contributed by atoms with Gasteiger partial charge in [-0.05, 0) is 30.0 Å². The predicted octanol–water partition coefficient (Wildman–Crippen LogP) is 1.72. The lowest BCUT2D eigenvalue weighted by Crippen LogP contribution is -2.47. The molecule has 0 saturated carbocycles. The number of nitrogens with two attached hydrogens (primary N) is 1. The van der Waals surface area contributed by atoms with Crippen LogP contribution in [0.4, 0.5) is 0 Å². The minimum atomic E-state index is -0.315. The third-order valence-corrected chi connectivity index (χ3v) is 4.90. The van der Waals surface area contributed by atoms with Crippen molar-refractivity contribution in [2.45, 2.75) is 25.3 Å². The molecule has 28 heavy (non-hydrogen) atoms. The number of nitrogens with zero attached hydrogens (tertiary/aromatic N) is 1. The van der Waals surface area contributed by atoms with Crippen LogP contribution >= 0.6 is 0 Å². The third-order valence-electron chi connectivity index (χ3n) is 4.90. The van der Waals surface area contributed by atoms with Crippen molar-refractivity contribution < 1.29 is 14.3 Å². The first-order valence-electron chi connectivity index (χ1n) is 9.65. The predicted molar refractivity (Wildman–Crippen MR) is 108 cm³/mol. The highest BCUT2D eigenvalue weighted by Crippen LogP contribution is 2.21. The summed E-state index contributed by atoms with van der Waals surface area (Å²) in [6.07, 6.45) is 2.38. The Bertz CT molecular complexity index is 787. The molecule has 2 amide bonds. The Morgan fingerprint density at radius 3 is 2.43 bits per heavy atom. The molecular weight excluding hydrogens is 354 g/mol. The molecule has 0 spiro atoms. The molecule has 2 aromatic carbocycles. The van der Waals surface area contributed by atoms with Crippen molar-refractivity contribution in [3.05, 3.63) is 65.7 Å². The smallest absolute Gasteiger partial charge is 0.258 e. The average Bonchev–Trinajstić information content (AvgIpc) is 2.69. The van der Waals surface area contributed by atoms with E-state index in [0.717, 1.165) is 43.7 Å². The van der Waals surface area contributed by atoms with Gasteiger partial charge in [0, 0.05) is 25.6 Å². The van der Waals surface area contributed by atoms with Gasteiger partial charge in [-0.2, -0.15) is 0 Å². The van der Waals surface area contributed by atoms with Crippen LogP contribution in [-0.2, 0) is 16.0 Å². The Labute approximate surface area is 165 Å². The number of rotatable bonds is 8. The lowest BCUT2D eigenvalue weighted by atomic mass is 10.0. The first-order valence-corrected chi connectivity index (χ1v) is 9.65. The Balaban J connectivity index is 1.47. The molecule has 1 heterocycles. The number of ether oxygens (including phenoxy) is 1. The Hall–Kier alpha value is -2.86. The van der Waals surface area contributed by atoms with Crippen LogP contribution in [-0.4, -0.2) is 49.0 Å². The normalized spacial score (nSPS) is 15.1. The van der Waals surface area contributed by atoms with E-state index in [-0.39, 0.29) is 31.0 Å². The summed E-state index contributed by atoms with van der Waals surface area (Å²) in [7, 11) is 0. The van der Waals surface area contributed by atoms with Crippen LogP contribution in [0.2, 0.25) is 0 Å². The Morgan fingerprint density at radius 2 is 1.71 bits per heavy atom. The summed E-state index contributed by atoms with van der Waals surface area (Å²) in [5.41, 5.74) is 7.48. The molecule has 3 N–H and O–H groups in total. The average molecular weight is 381 g/mol. The number of primary amides is 1. The first kappa shape index (κ1) is 19.9. The summed E-state index contributed by atoms with van der Waals surface area (Å²) in [6, 6.07) is 18.1. The van der Waals surface area contributed by atoms with E-state index in [1.807, 2.05) is 47.4 Å². The number of nitrogens with one attached hydrogen (secondary N) is 1. The van der Waals surface area contributed by atoms with Gasteiger partial charge >= 0.3 is 0 Å². The third kappa shape index (κ3) is 6.09. The van der Waals surface area contributed by atoms with Gasteiger partial charge in [-0.15, -0.1) is 0 Å². The van der Waals surface area contributed by atoms with E-state index < -0.39 is 0 Å². The number of hydrogen-bond acceptors (Lipinski definition) is 4. The summed E-state index contributed by atoms with van der Waals surface area (Å²) in [5, 5.41) is 3.03. The number of carbonyl (C=O) groups excluding carboxylic acids is 2. The van der Waals surface area contributed by atoms with E-state index in [1.54, 1.807) is 0 Å². The quantitative estimate of drug-likeness (QED) is 0.729. The van der Waals surface area contributed by atoms with Crippen LogP contribution in [0, 0.1) is 0 Å². The number of piperidine rings is 1. The Kier molecular flexibility index (Phi) is 7.03. The van der Waals surface area contributed by atoms with Crippen molar-refractivity contribution in [3.63, 3.8) is 0 Å². The molecule has 0 radical (unpaired) electrons. The van der Waals surface area contributed by atoms with Crippen LogP contribution < -0.4 is 15.8 Å². The SMILES string of the molecule is NC(=O)CN1CCC(NC(=O)COc2ccccc2Cc2ccccc2)CC1. The molecule has 1 saturated heterocycles. The lowest BCUT2D eigenvalue weighted by molar-refractivity contribution is -0.124. The molecule has 0 unspecified atom stereocenters. The summed E-state index contributed by atoms with van der Waals surface area (Å²) in [6.45, 7) is 1.79. The van der Waals surface area contributed by atoms with Crippen LogP contribution in [0.5, 0.6) is 5.75 Å². The van der Waals surface area contributed by atoms with Crippen LogP contribution in [0.25, 0.3) is 0 Å². The van der Waals surface area contributed by atoms with Crippen molar-refractivity contribution in [2.75, 3.05) is 26.2 Å². The van der Waals surface area contributed by atoms with Gasteiger partial charge < -0.3 is 15.8 Å². The van der Waals surface area contributed by atoms with Crippen LogP contribution in [0.3, 0.4) is 0 Å². The van der Waals surface area contributed by atoms with Gasteiger partial charge in [0.15, 0.2) is 6.61 Å². The van der Waals surface area contributed by atoms with Crippen molar-refractivity contribution in [3.8, 4) is 5.75 Å². The van der Waals surface area contributed by atoms with E-state index in [1.165, 1.54) is 5.56 Å². The highest BCUT2D eigenvalue weighted by molar-refractivity contribution is 5.78. The first-order chi connectivity index (χ1) is 13.6. The minimum Gasteiger partial charge on any atom is -0.483 e. The van der Waals surface area contributed by atoms with E-state index in [0.29, 0.717) is 0 Å². The summed E-state index contributed by atoms with van der Waals surface area (Å²) in [4.78, 5) is 25.3. The van der Waals surface area contributed by atoms with Gasteiger partial charge in [-0.1, -0.05) is 48.5 Å². The molecule has 0 atom stereocenters. The van der Waals surface area contributed by atoms with Gasteiger partial charge in [0.25, 0.3) is 5.91 Å². The molecular formula is C22H27N3O3. The van der Waals surface area contributed by atoms with Crippen molar-refractivity contribution in [2.24, 2.45) is 5.73 Å². The van der Waals surface area contributed by atoms with Gasteiger partial charge in [-0.3, -0.25) is 14.5 Å². The number of benzene rings is 2. The summed E-state index contributed by atoms with van der Waals surface area (Å²) < 4.78 is 5.80. The van der Waals surface area contributed by atoms with Gasteiger partial charge in [-0.25, -0.2) is 0 Å². The molecule has 6 heteroatoms. The molecule has 2 aromatic rings. The number of amides is 2. The molecule has 0 bridgehead atoms. The maximum Gasteiger partial charge on any atom is 0.258 e. The standard InChI is InChI=1S/C22H27N3O3/c23-21(26)15-25-12-10-19(11-13-25)24-22(27)16-28-20-9-5-4-8-18(20)14-17-6-2-1-3-7-17/h1-9,19H,10-16H2,(H2,23,26)(H,24,27). The highest BCUT2D eigenvalue weighted by Gasteiger charge is 2.21. The van der Waals surface area contributed by atoms with Gasteiger partial charge in [0.05, 0.1) is 6.54 Å². The summed E-state index contributed by atoms with van der Waals surface area (Å²) >= 11 is 0. The molecule has 0 aromatic heterocycles. The maximum atomic E-state index is 12.3. The number of likely N-dealkylation sites (tertiary alicyclic amines) is 1. The molecule has 148 valence electrons. The van der Waals surface area contributed by atoms with Crippen LogP contribution in [0.15, 0.2) is 54.6 Å². The topological polar surface area (TPSA) is 84.7 Å². The second-order valence-corrected chi connectivity index (χ2v) is 7.14. The van der Waals surface area contributed by atoms with Crippen molar-refractivity contribution in [1.82, 2.24) is 10.2 Å². The van der Waals surface area contributed by atoms with Crippen LogP contribution in [0.1, 0.15) is 24.0 Å². The van der Waals surface area contributed by atoms with Crippen molar-refractivity contribution >= 4 is 11.8 Å². The largest absolute Gasteiger partial charge is 0.483 e. The zero-order valence-corrected chi connectivity index (χ0v) is 16.0. The summed E-state index contributed by atoms with van der Waals surface area (Å²) in [5.74, 6) is 0.297. The van der Waals surface area contributed by atoms with E-state index >= 15 is 0 Å². The zero-order valence-electron chi connectivity index (χ0n) is 16.0. The van der Waals surface area contributed by atoms with Gasteiger partial charge in [0.1, 0.15) is 5.75 Å². The second-order valence-electron chi connectivity index (χ2n) is 7.14. The Morgan fingerprint density at radius 1 is 1.04 bits per heavy atom.